The van der Waals surface area contributed by atoms with E-state index in [9.17, 15) is 0 Å². The van der Waals surface area contributed by atoms with E-state index in [-0.39, 0.29) is 19.5 Å². The van der Waals surface area contributed by atoms with Gasteiger partial charge in [-0.05, 0) is 5.92 Å². The molecule has 0 N–H and O–H groups in total. The Balaban J connectivity index is 0. The minimum absolute atomic E-state index is 0. The molecule has 0 aromatic heterocycles. The van der Waals surface area contributed by atoms with Crippen molar-refractivity contribution >= 4 is 22.5 Å². The molecule has 0 saturated heterocycles. The van der Waals surface area contributed by atoms with Gasteiger partial charge < -0.3 is 0 Å². The van der Waals surface area contributed by atoms with Crippen LogP contribution in [0.1, 0.15) is 13.8 Å². The summed E-state index contributed by atoms with van der Waals surface area (Å²) in [6.07, 6.45) is 0. The van der Waals surface area contributed by atoms with E-state index in [1.54, 1.807) is 10.8 Å². The van der Waals surface area contributed by atoms with Crippen LogP contribution in [0.2, 0.25) is 0 Å². The van der Waals surface area contributed by atoms with Gasteiger partial charge in [0.15, 0.2) is 0 Å². The summed E-state index contributed by atoms with van der Waals surface area (Å²) in [4.78, 5) is 0. The van der Waals surface area contributed by atoms with Crippen LogP contribution in [-0.4, -0.2) is 5.75 Å². The Bertz CT molecular complexity index is 30.9. The third-order valence-electron chi connectivity index (χ3n) is 0.408. The zero-order valence-corrected chi connectivity index (χ0v) is 9.53. The predicted molar refractivity (Wildman–Crippen MR) is 36.3 cm³/mol. The van der Waals surface area contributed by atoms with Crippen LogP contribution in [0.5, 0.6) is 0 Å². The zero-order chi connectivity index (χ0) is 4.99. The fourth-order valence-corrected chi connectivity index (χ4v) is 1.34. The van der Waals surface area contributed by atoms with Crippen molar-refractivity contribution in [3.8, 4) is 0 Å². The van der Waals surface area contributed by atoms with Crippen molar-refractivity contribution in [3.63, 3.8) is 0 Å². The molecule has 0 heterocycles. The van der Waals surface area contributed by atoms with Crippen LogP contribution >= 0.6 is 22.5 Å². The summed E-state index contributed by atoms with van der Waals surface area (Å²) >= 11 is 3.98. The summed E-state index contributed by atoms with van der Waals surface area (Å²) in [5.41, 5.74) is 0. The van der Waals surface area contributed by atoms with E-state index in [0.717, 1.165) is 11.7 Å². The molecule has 0 aromatic rings. The summed E-state index contributed by atoms with van der Waals surface area (Å²) in [5, 5.41) is 0. The largest absolute Gasteiger partial charge is 0.111 e. The van der Waals surface area contributed by atoms with Crippen molar-refractivity contribution < 1.29 is 19.5 Å². The standard InChI is InChI=1S/C4H10S2.Zn/c1-4(2)3-6-5;/h4-5H,3H2,1-2H3;. The van der Waals surface area contributed by atoms with Crippen molar-refractivity contribution in [1.29, 1.82) is 0 Å². The average molecular weight is 188 g/mol. The molecule has 0 aliphatic heterocycles. The minimum atomic E-state index is 0. The Labute approximate surface area is 67.4 Å². The van der Waals surface area contributed by atoms with Gasteiger partial charge in [0, 0.05) is 25.2 Å². The maximum Gasteiger partial charge on any atom is 0.00576 e. The van der Waals surface area contributed by atoms with E-state index in [0.29, 0.717) is 0 Å². The van der Waals surface area contributed by atoms with Gasteiger partial charge in [0.1, 0.15) is 0 Å². The van der Waals surface area contributed by atoms with Crippen LogP contribution < -0.4 is 0 Å². The number of hydrogen-bond acceptors (Lipinski definition) is 2. The molecule has 0 unspecified atom stereocenters. The molecule has 0 nitrogen and oxygen atoms in total. The second kappa shape index (κ2) is 7.32. The van der Waals surface area contributed by atoms with Gasteiger partial charge in [0.2, 0.25) is 0 Å². The van der Waals surface area contributed by atoms with Crippen molar-refractivity contribution in [2.75, 3.05) is 5.75 Å². The monoisotopic (exact) mass is 186 g/mol. The van der Waals surface area contributed by atoms with E-state index in [1.165, 1.54) is 0 Å². The number of hydrogen-bond donors (Lipinski definition) is 1. The second-order valence-corrected chi connectivity index (χ2v) is 3.06. The molecule has 0 aromatic carbocycles. The molecule has 7 heavy (non-hydrogen) atoms. The quantitative estimate of drug-likeness (QED) is 0.393. The summed E-state index contributed by atoms with van der Waals surface area (Å²) in [5.74, 6) is 1.94. The van der Waals surface area contributed by atoms with Crippen LogP contribution in [0.4, 0.5) is 0 Å². The van der Waals surface area contributed by atoms with E-state index in [1.807, 2.05) is 0 Å². The van der Waals surface area contributed by atoms with Gasteiger partial charge >= 0.3 is 0 Å². The SMILES string of the molecule is CC(C)CSS.[Zn]. The Hall–Kier alpha value is 1.32. The van der Waals surface area contributed by atoms with E-state index < -0.39 is 0 Å². The van der Waals surface area contributed by atoms with Crippen LogP contribution in [0.3, 0.4) is 0 Å². The van der Waals surface area contributed by atoms with Gasteiger partial charge in [-0.2, -0.15) is 0 Å². The van der Waals surface area contributed by atoms with Gasteiger partial charge in [-0.15, -0.1) is 11.7 Å². The molecule has 0 aliphatic rings. The molecule has 0 fully saturated rings. The zero-order valence-electron chi connectivity index (χ0n) is 4.85. The van der Waals surface area contributed by atoms with Gasteiger partial charge in [-0.3, -0.25) is 0 Å². The van der Waals surface area contributed by atoms with Crippen molar-refractivity contribution in [2.24, 2.45) is 5.92 Å². The maximum absolute atomic E-state index is 3.98. The first kappa shape index (κ1) is 11.2. The normalized spacial score (nSPS) is 8.57. The second-order valence-electron chi connectivity index (χ2n) is 1.69. The molecule has 40 valence electrons. The average Bonchev–Trinajstić information content (AvgIpc) is 1.35. The van der Waals surface area contributed by atoms with E-state index in [4.69, 9.17) is 0 Å². The molecule has 0 bridgehead atoms. The van der Waals surface area contributed by atoms with Gasteiger partial charge in [-0.25, -0.2) is 0 Å². The molecule has 0 rings (SSSR count). The fourth-order valence-electron chi connectivity index (χ4n) is 0.149. The van der Waals surface area contributed by atoms with E-state index in [2.05, 4.69) is 25.5 Å². The Morgan fingerprint density at radius 2 is 2.00 bits per heavy atom. The summed E-state index contributed by atoms with van der Waals surface area (Å²) in [7, 11) is 1.60. The number of thiol groups is 1. The van der Waals surface area contributed by atoms with Gasteiger partial charge in [0.05, 0.1) is 0 Å². The topological polar surface area (TPSA) is 0 Å². The number of rotatable bonds is 2. The Kier molecular flexibility index (Phi) is 11.7. The summed E-state index contributed by atoms with van der Waals surface area (Å²) in [6.45, 7) is 4.37. The van der Waals surface area contributed by atoms with Crippen molar-refractivity contribution in [2.45, 2.75) is 13.8 Å². The third kappa shape index (κ3) is 11.1. The molecule has 0 radical (unpaired) electrons. The van der Waals surface area contributed by atoms with E-state index >= 15 is 0 Å². The first-order valence-corrected chi connectivity index (χ1v) is 4.07. The minimum Gasteiger partial charge on any atom is -0.111 e. The van der Waals surface area contributed by atoms with Crippen molar-refractivity contribution in [3.05, 3.63) is 0 Å². The molecule has 3 heteroatoms. The van der Waals surface area contributed by atoms with Crippen LogP contribution in [-0.2, 0) is 19.5 Å². The smallest absolute Gasteiger partial charge is 0.00576 e. The molecule has 0 spiro atoms. The third-order valence-corrected chi connectivity index (χ3v) is 1.67. The van der Waals surface area contributed by atoms with Crippen LogP contribution in [0, 0.1) is 5.92 Å². The molecule has 0 aliphatic carbocycles. The maximum atomic E-state index is 3.98. The Morgan fingerprint density at radius 1 is 1.57 bits per heavy atom. The predicted octanol–water partition coefficient (Wildman–Crippen LogP) is 2.22. The van der Waals surface area contributed by atoms with Gasteiger partial charge in [-0.1, -0.05) is 24.6 Å². The summed E-state index contributed by atoms with van der Waals surface area (Å²) < 4.78 is 0. The van der Waals surface area contributed by atoms with Gasteiger partial charge in [0.25, 0.3) is 0 Å². The Morgan fingerprint density at radius 3 is 2.00 bits per heavy atom. The van der Waals surface area contributed by atoms with Crippen LogP contribution in [0.15, 0.2) is 0 Å². The first-order valence-electron chi connectivity index (χ1n) is 2.03. The molecule has 0 atom stereocenters. The molecular weight excluding hydrogens is 178 g/mol. The summed E-state index contributed by atoms with van der Waals surface area (Å²) in [6, 6.07) is 0. The molecule has 0 amide bonds. The molecular formula is C4H10S2Zn. The fraction of sp³-hybridized carbons (Fsp3) is 1.00. The van der Waals surface area contributed by atoms with Crippen molar-refractivity contribution in [1.82, 2.24) is 0 Å². The first-order chi connectivity index (χ1) is 2.77. The van der Waals surface area contributed by atoms with Crippen LogP contribution in [0.25, 0.3) is 0 Å². The molecule has 0 saturated carbocycles.